The number of aryl methyl sites for hydroxylation is 1. The number of ether oxygens (including phenoxy) is 2. The van der Waals surface area contributed by atoms with Gasteiger partial charge >= 0.3 is 5.97 Å². The van der Waals surface area contributed by atoms with Gasteiger partial charge in [-0.2, -0.15) is 0 Å². The van der Waals surface area contributed by atoms with Gasteiger partial charge in [-0.05, 0) is 63.2 Å². The summed E-state index contributed by atoms with van der Waals surface area (Å²) in [6, 6.07) is 11.3. The van der Waals surface area contributed by atoms with Crippen LogP contribution in [0.3, 0.4) is 0 Å². The molecule has 1 heterocycles. The summed E-state index contributed by atoms with van der Waals surface area (Å²) in [4.78, 5) is 25.3. The van der Waals surface area contributed by atoms with E-state index in [0.717, 1.165) is 0 Å². The van der Waals surface area contributed by atoms with Gasteiger partial charge in [0.25, 0.3) is 0 Å². The highest BCUT2D eigenvalue weighted by Gasteiger charge is 2.24. The molecule has 6 nitrogen and oxygen atoms in total. The van der Waals surface area contributed by atoms with Crippen molar-refractivity contribution in [1.82, 2.24) is 0 Å². The van der Waals surface area contributed by atoms with E-state index in [1.165, 1.54) is 12.1 Å². The number of hydrogen-bond donors (Lipinski definition) is 1. The highest BCUT2D eigenvalue weighted by Crippen LogP contribution is 2.32. The van der Waals surface area contributed by atoms with Crippen molar-refractivity contribution in [3.05, 3.63) is 59.4 Å². The van der Waals surface area contributed by atoms with Gasteiger partial charge in [0.05, 0.1) is 19.1 Å². The Hall–Kier alpha value is -3.28. The standard InChI is InChI=1S/C23H24O6/c1-23(2,3)29-20(25)12-11-19-21(17-13-15(24)7-10-18(17)28-19)22(26)14-5-8-16(27-4)9-6-14/h5-10,13,24H,11-12H2,1-4H3. The van der Waals surface area contributed by atoms with E-state index in [9.17, 15) is 14.7 Å². The van der Waals surface area contributed by atoms with Gasteiger partial charge in [-0.15, -0.1) is 0 Å². The third-order valence-corrected chi connectivity index (χ3v) is 4.30. The van der Waals surface area contributed by atoms with Gasteiger partial charge in [-0.1, -0.05) is 0 Å². The number of methoxy groups -OCH3 is 1. The molecule has 0 spiro atoms. The summed E-state index contributed by atoms with van der Waals surface area (Å²) in [5.41, 5.74) is 0.678. The minimum absolute atomic E-state index is 0.0285. The van der Waals surface area contributed by atoms with Crippen molar-refractivity contribution in [2.45, 2.75) is 39.2 Å². The van der Waals surface area contributed by atoms with Crippen LogP contribution in [0.4, 0.5) is 0 Å². The first-order valence-corrected chi connectivity index (χ1v) is 9.33. The summed E-state index contributed by atoms with van der Waals surface area (Å²) >= 11 is 0. The molecule has 29 heavy (non-hydrogen) atoms. The highest BCUT2D eigenvalue weighted by molar-refractivity contribution is 6.17. The average Bonchev–Trinajstić information content (AvgIpc) is 3.02. The molecule has 152 valence electrons. The summed E-state index contributed by atoms with van der Waals surface area (Å²) in [5, 5.41) is 10.4. The molecule has 0 atom stereocenters. The van der Waals surface area contributed by atoms with Crippen LogP contribution in [-0.4, -0.2) is 29.6 Å². The zero-order chi connectivity index (χ0) is 21.2. The lowest BCUT2D eigenvalue weighted by Crippen LogP contribution is -2.24. The molecule has 0 unspecified atom stereocenters. The monoisotopic (exact) mass is 396 g/mol. The Balaban J connectivity index is 1.97. The zero-order valence-corrected chi connectivity index (χ0v) is 16.9. The second kappa shape index (κ2) is 7.99. The number of hydrogen-bond acceptors (Lipinski definition) is 6. The number of phenols is 1. The maximum absolute atomic E-state index is 13.2. The van der Waals surface area contributed by atoms with E-state index in [0.29, 0.717) is 33.6 Å². The quantitative estimate of drug-likeness (QED) is 0.482. The topological polar surface area (TPSA) is 86.0 Å². The molecule has 0 saturated heterocycles. The van der Waals surface area contributed by atoms with E-state index in [1.54, 1.807) is 58.2 Å². The van der Waals surface area contributed by atoms with Crippen molar-refractivity contribution in [1.29, 1.82) is 0 Å². The van der Waals surface area contributed by atoms with Crippen LogP contribution < -0.4 is 4.74 Å². The van der Waals surface area contributed by atoms with Crippen LogP contribution in [0.15, 0.2) is 46.9 Å². The van der Waals surface area contributed by atoms with Crippen LogP contribution in [0.2, 0.25) is 0 Å². The molecule has 1 aromatic heterocycles. The van der Waals surface area contributed by atoms with Gasteiger partial charge < -0.3 is 19.0 Å². The minimum atomic E-state index is -0.585. The molecule has 0 radical (unpaired) electrons. The first-order valence-electron chi connectivity index (χ1n) is 9.33. The molecular formula is C23H24O6. The first-order chi connectivity index (χ1) is 13.7. The molecule has 0 aliphatic rings. The molecule has 0 aliphatic heterocycles. The van der Waals surface area contributed by atoms with Crippen LogP contribution in [-0.2, 0) is 16.0 Å². The number of aromatic hydroxyl groups is 1. The van der Waals surface area contributed by atoms with Gasteiger partial charge in [0.2, 0.25) is 0 Å². The number of furan rings is 1. The van der Waals surface area contributed by atoms with Crippen molar-refractivity contribution < 1.29 is 28.6 Å². The zero-order valence-electron chi connectivity index (χ0n) is 16.9. The van der Waals surface area contributed by atoms with E-state index < -0.39 is 5.60 Å². The Morgan fingerprint density at radius 2 is 1.76 bits per heavy atom. The summed E-state index contributed by atoms with van der Waals surface area (Å²) < 4.78 is 16.3. The fourth-order valence-corrected chi connectivity index (χ4v) is 3.06. The SMILES string of the molecule is COc1ccc(C(=O)c2c(CCC(=O)OC(C)(C)C)oc3ccc(O)cc23)cc1. The second-order valence-corrected chi connectivity index (χ2v) is 7.72. The Kier molecular flexibility index (Phi) is 5.64. The van der Waals surface area contributed by atoms with E-state index in [1.807, 2.05) is 0 Å². The molecule has 6 heteroatoms. The minimum Gasteiger partial charge on any atom is -0.508 e. The van der Waals surface area contributed by atoms with Crippen LogP contribution in [0.25, 0.3) is 11.0 Å². The van der Waals surface area contributed by atoms with E-state index in [-0.39, 0.29) is 30.3 Å². The highest BCUT2D eigenvalue weighted by atomic mass is 16.6. The Morgan fingerprint density at radius 3 is 2.38 bits per heavy atom. The average molecular weight is 396 g/mol. The Bertz CT molecular complexity index is 1040. The fourth-order valence-electron chi connectivity index (χ4n) is 3.06. The van der Waals surface area contributed by atoms with E-state index in [2.05, 4.69) is 0 Å². The molecule has 0 saturated carbocycles. The van der Waals surface area contributed by atoms with Gasteiger partial charge in [0.15, 0.2) is 5.78 Å². The summed E-state index contributed by atoms with van der Waals surface area (Å²) in [6.07, 6.45) is 0.285. The largest absolute Gasteiger partial charge is 0.508 e. The molecule has 0 fully saturated rings. The van der Waals surface area contributed by atoms with Crippen LogP contribution in [0, 0.1) is 0 Å². The molecule has 3 aromatic rings. The van der Waals surface area contributed by atoms with Crippen molar-refractivity contribution in [3.8, 4) is 11.5 Å². The lowest BCUT2D eigenvalue weighted by atomic mass is 9.98. The number of fused-ring (bicyclic) bond motifs is 1. The molecular weight excluding hydrogens is 372 g/mol. The Labute approximate surface area is 169 Å². The number of ketones is 1. The maximum atomic E-state index is 13.2. The van der Waals surface area contributed by atoms with Crippen molar-refractivity contribution >= 4 is 22.7 Å². The smallest absolute Gasteiger partial charge is 0.306 e. The van der Waals surface area contributed by atoms with Gasteiger partial charge in [0, 0.05) is 17.4 Å². The van der Waals surface area contributed by atoms with Crippen LogP contribution >= 0.6 is 0 Å². The number of carbonyl (C=O) groups is 2. The van der Waals surface area contributed by atoms with Crippen LogP contribution in [0.5, 0.6) is 11.5 Å². The number of rotatable bonds is 6. The third-order valence-electron chi connectivity index (χ3n) is 4.30. The van der Waals surface area contributed by atoms with E-state index in [4.69, 9.17) is 13.9 Å². The number of benzene rings is 2. The molecule has 0 bridgehead atoms. The number of esters is 1. The predicted octanol–water partition coefficient (Wildman–Crippen LogP) is 4.65. The predicted molar refractivity (Wildman–Crippen MR) is 108 cm³/mol. The summed E-state index contributed by atoms with van der Waals surface area (Å²) in [5.74, 6) is 0.430. The molecule has 0 amide bonds. The first kappa shape index (κ1) is 20.5. The number of phenolic OH excluding ortho intramolecular Hbond substituents is 1. The lowest BCUT2D eigenvalue weighted by molar-refractivity contribution is -0.154. The summed E-state index contributed by atoms with van der Waals surface area (Å²) in [6.45, 7) is 5.40. The maximum Gasteiger partial charge on any atom is 0.306 e. The van der Waals surface area contributed by atoms with Crippen molar-refractivity contribution in [2.75, 3.05) is 7.11 Å². The molecule has 0 aliphatic carbocycles. The van der Waals surface area contributed by atoms with Gasteiger partial charge in [0.1, 0.15) is 28.4 Å². The summed E-state index contributed by atoms with van der Waals surface area (Å²) in [7, 11) is 1.55. The fraction of sp³-hybridized carbons (Fsp3) is 0.304. The number of carbonyl (C=O) groups excluding carboxylic acids is 2. The van der Waals surface area contributed by atoms with Crippen molar-refractivity contribution in [3.63, 3.8) is 0 Å². The van der Waals surface area contributed by atoms with E-state index >= 15 is 0 Å². The normalized spacial score (nSPS) is 11.4. The van der Waals surface area contributed by atoms with Crippen LogP contribution in [0.1, 0.15) is 48.9 Å². The molecule has 2 aromatic carbocycles. The van der Waals surface area contributed by atoms with Crippen molar-refractivity contribution in [2.24, 2.45) is 0 Å². The van der Waals surface area contributed by atoms with Gasteiger partial charge in [-0.25, -0.2) is 0 Å². The molecule has 3 rings (SSSR count). The Morgan fingerprint density at radius 1 is 1.07 bits per heavy atom. The van der Waals surface area contributed by atoms with Gasteiger partial charge in [-0.3, -0.25) is 9.59 Å². The third kappa shape index (κ3) is 4.77. The molecule has 1 N–H and O–H groups in total. The lowest BCUT2D eigenvalue weighted by Gasteiger charge is -2.19. The second-order valence-electron chi connectivity index (χ2n) is 7.72.